The Kier molecular flexibility index (Phi) is 3.82. The van der Waals surface area contributed by atoms with Gasteiger partial charge in [-0.2, -0.15) is 0 Å². The highest BCUT2D eigenvalue weighted by Crippen LogP contribution is 2.25. The van der Waals surface area contributed by atoms with E-state index in [2.05, 4.69) is 0 Å². The van der Waals surface area contributed by atoms with Crippen molar-refractivity contribution < 1.29 is 15.0 Å². The Morgan fingerprint density at radius 2 is 2.00 bits per heavy atom. The summed E-state index contributed by atoms with van der Waals surface area (Å²) in [5.41, 5.74) is 2.77. The van der Waals surface area contributed by atoms with Crippen molar-refractivity contribution in [3.63, 3.8) is 0 Å². The highest BCUT2D eigenvalue weighted by Gasteiger charge is 2.21. The van der Waals surface area contributed by atoms with Gasteiger partial charge in [-0.15, -0.1) is 11.6 Å². The van der Waals surface area contributed by atoms with Crippen LogP contribution in [-0.2, 0) is 17.6 Å². The second kappa shape index (κ2) is 5.17. The monoisotopic (exact) mass is 254 g/mol. The summed E-state index contributed by atoms with van der Waals surface area (Å²) in [6, 6.07) is 5.46. The van der Waals surface area contributed by atoms with Crippen molar-refractivity contribution in [2.75, 3.05) is 5.88 Å². The molecule has 0 saturated heterocycles. The van der Waals surface area contributed by atoms with Gasteiger partial charge in [0.15, 0.2) is 0 Å². The molecule has 1 aliphatic carbocycles. The SMILES string of the molecule is O=C1CCc2cc(C(O)C(O)CCl)ccc2C1. The van der Waals surface area contributed by atoms with Crippen molar-refractivity contribution in [1.82, 2.24) is 0 Å². The smallest absolute Gasteiger partial charge is 0.137 e. The van der Waals surface area contributed by atoms with Crippen LogP contribution in [0.3, 0.4) is 0 Å². The van der Waals surface area contributed by atoms with Gasteiger partial charge in [0, 0.05) is 12.8 Å². The lowest BCUT2D eigenvalue weighted by molar-refractivity contribution is -0.118. The summed E-state index contributed by atoms with van der Waals surface area (Å²) in [6.07, 6.45) is -0.171. The number of carbonyl (C=O) groups excluding carboxylic acids is 1. The Bertz CT molecular complexity index is 431. The molecular formula is C13H15ClO3. The maximum absolute atomic E-state index is 11.3. The van der Waals surface area contributed by atoms with Gasteiger partial charge >= 0.3 is 0 Å². The summed E-state index contributed by atoms with van der Waals surface area (Å²) in [7, 11) is 0. The van der Waals surface area contributed by atoms with E-state index >= 15 is 0 Å². The first-order valence-corrected chi connectivity index (χ1v) is 6.20. The Morgan fingerprint density at radius 1 is 1.24 bits per heavy atom. The fraction of sp³-hybridized carbons (Fsp3) is 0.462. The molecule has 1 aromatic rings. The predicted molar refractivity (Wildman–Crippen MR) is 65.2 cm³/mol. The third-order valence-corrected chi connectivity index (χ3v) is 3.47. The quantitative estimate of drug-likeness (QED) is 0.802. The van der Waals surface area contributed by atoms with E-state index in [4.69, 9.17) is 11.6 Å². The molecule has 2 atom stereocenters. The molecule has 0 radical (unpaired) electrons. The minimum absolute atomic E-state index is 0.00324. The molecule has 0 aromatic heterocycles. The highest BCUT2D eigenvalue weighted by molar-refractivity contribution is 6.18. The van der Waals surface area contributed by atoms with Crippen molar-refractivity contribution in [3.05, 3.63) is 34.9 Å². The van der Waals surface area contributed by atoms with E-state index in [1.807, 2.05) is 12.1 Å². The van der Waals surface area contributed by atoms with Crippen LogP contribution >= 0.6 is 11.6 Å². The second-order valence-electron chi connectivity index (χ2n) is 4.41. The maximum atomic E-state index is 11.3. The van der Waals surface area contributed by atoms with Crippen LogP contribution in [-0.4, -0.2) is 28.0 Å². The molecule has 0 amide bonds. The topological polar surface area (TPSA) is 57.5 Å². The lowest BCUT2D eigenvalue weighted by Crippen LogP contribution is -2.20. The number of aliphatic hydroxyl groups is 2. The molecule has 0 spiro atoms. The molecule has 2 rings (SSSR count). The summed E-state index contributed by atoms with van der Waals surface area (Å²) < 4.78 is 0. The first-order chi connectivity index (χ1) is 8.11. The van der Waals surface area contributed by atoms with Gasteiger partial charge in [-0.3, -0.25) is 4.79 Å². The molecule has 92 valence electrons. The first kappa shape index (κ1) is 12.6. The zero-order chi connectivity index (χ0) is 12.4. The second-order valence-corrected chi connectivity index (χ2v) is 4.72. The van der Waals surface area contributed by atoms with E-state index in [0.717, 1.165) is 11.1 Å². The van der Waals surface area contributed by atoms with Crippen molar-refractivity contribution in [2.45, 2.75) is 31.5 Å². The lowest BCUT2D eigenvalue weighted by atomic mass is 9.88. The molecule has 0 fully saturated rings. The van der Waals surface area contributed by atoms with Gasteiger partial charge in [0.2, 0.25) is 0 Å². The summed E-state index contributed by atoms with van der Waals surface area (Å²) in [5, 5.41) is 19.3. The van der Waals surface area contributed by atoms with Crippen LogP contribution in [0.5, 0.6) is 0 Å². The molecule has 0 aliphatic heterocycles. The average Bonchev–Trinajstić information content (AvgIpc) is 2.36. The van der Waals surface area contributed by atoms with E-state index in [0.29, 0.717) is 24.8 Å². The molecule has 1 aromatic carbocycles. The third kappa shape index (κ3) is 2.68. The first-order valence-electron chi connectivity index (χ1n) is 5.67. The molecule has 2 N–H and O–H groups in total. The van der Waals surface area contributed by atoms with Crippen molar-refractivity contribution >= 4 is 17.4 Å². The van der Waals surface area contributed by atoms with Gasteiger partial charge in [-0.25, -0.2) is 0 Å². The summed E-state index contributed by atoms with van der Waals surface area (Å²) in [4.78, 5) is 11.3. The summed E-state index contributed by atoms with van der Waals surface area (Å²) >= 11 is 5.50. The number of hydrogen-bond donors (Lipinski definition) is 2. The number of aliphatic hydroxyl groups excluding tert-OH is 2. The summed E-state index contributed by atoms with van der Waals surface area (Å²) in [5.74, 6) is 0.253. The van der Waals surface area contributed by atoms with Crippen LogP contribution in [0.25, 0.3) is 0 Å². The number of ketones is 1. The number of halogens is 1. The average molecular weight is 255 g/mol. The largest absolute Gasteiger partial charge is 0.389 e. The number of fused-ring (bicyclic) bond motifs is 1. The van der Waals surface area contributed by atoms with E-state index < -0.39 is 12.2 Å². The van der Waals surface area contributed by atoms with Crippen LogP contribution in [0.2, 0.25) is 0 Å². The molecular weight excluding hydrogens is 240 g/mol. The molecule has 1 aliphatic rings. The zero-order valence-electron chi connectivity index (χ0n) is 9.40. The third-order valence-electron chi connectivity index (χ3n) is 3.16. The van der Waals surface area contributed by atoms with E-state index in [1.54, 1.807) is 6.07 Å². The minimum Gasteiger partial charge on any atom is -0.389 e. The van der Waals surface area contributed by atoms with Crippen molar-refractivity contribution in [1.29, 1.82) is 0 Å². The predicted octanol–water partition coefficient (Wildman–Crippen LogP) is 1.38. The molecule has 0 heterocycles. The van der Waals surface area contributed by atoms with Crippen LogP contribution in [0.15, 0.2) is 18.2 Å². The Morgan fingerprint density at radius 3 is 2.71 bits per heavy atom. The molecule has 0 bridgehead atoms. The standard InChI is InChI=1S/C13H15ClO3/c14-7-12(16)13(17)10-2-1-9-6-11(15)4-3-8(9)5-10/h1-2,5,12-13,16-17H,3-4,6-7H2. The van der Waals surface area contributed by atoms with Gasteiger partial charge < -0.3 is 10.2 Å². The van der Waals surface area contributed by atoms with E-state index in [1.165, 1.54) is 0 Å². The molecule has 17 heavy (non-hydrogen) atoms. The lowest BCUT2D eigenvalue weighted by Gasteiger charge is -2.20. The minimum atomic E-state index is -0.963. The van der Waals surface area contributed by atoms with Crippen LogP contribution in [0, 0.1) is 0 Å². The normalized spacial score (nSPS) is 18.6. The van der Waals surface area contributed by atoms with Crippen molar-refractivity contribution in [2.24, 2.45) is 0 Å². The summed E-state index contributed by atoms with van der Waals surface area (Å²) in [6.45, 7) is 0. The number of alkyl halides is 1. The number of carbonyl (C=O) groups is 1. The van der Waals surface area contributed by atoms with Gasteiger partial charge in [0.1, 0.15) is 11.9 Å². The zero-order valence-corrected chi connectivity index (χ0v) is 10.2. The van der Waals surface area contributed by atoms with E-state index in [9.17, 15) is 15.0 Å². The van der Waals surface area contributed by atoms with Gasteiger partial charge in [-0.1, -0.05) is 18.2 Å². The molecule has 4 heteroatoms. The van der Waals surface area contributed by atoms with Crippen LogP contribution < -0.4 is 0 Å². The Hall–Kier alpha value is -0.900. The number of aryl methyl sites for hydroxylation is 1. The van der Waals surface area contributed by atoms with Crippen molar-refractivity contribution in [3.8, 4) is 0 Å². The number of benzene rings is 1. The van der Waals surface area contributed by atoms with Gasteiger partial charge in [0.05, 0.1) is 12.0 Å². The number of hydrogen-bond acceptors (Lipinski definition) is 3. The van der Waals surface area contributed by atoms with E-state index in [-0.39, 0.29) is 11.7 Å². The number of Topliss-reactive ketones (excluding diaryl/α,β-unsaturated/α-hetero) is 1. The fourth-order valence-corrected chi connectivity index (χ4v) is 2.29. The molecule has 0 saturated carbocycles. The van der Waals surface area contributed by atoms with Gasteiger partial charge in [-0.05, 0) is 23.1 Å². The molecule has 3 nitrogen and oxygen atoms in total. The van der Waals surface area contributed by atoms with Crippen LogP contribution in [0.4, 0.5) is 0 Å². The number of rotatable bonds is 3. The highest BCUT2D eigenvalue weighted by atomic mass is 35.5. The van der Waals surface area contributed by atoms with Gasteiger partial charge in [0.25, 0.3) is 0 Å². The molecule has 2 unspecified atom stereocenters. The fourth-order valence-electron chi connectivity index (χ4n) is 2.12. The Balaban J connectivity index is 2.24. The Labute approximate surface area is 105 Å². The van der Waals surface area contributed by atoms with Crippen LogP contribution in [0.1, 0.15) is 29.2 Å². The maximum Gasteiger partial charge on any atom is 0.137 e.